The molecule has 5 heteroatoms. The molecule has 0 unspecified atom stereocenters. The number of nitrogens with zero attached hydrogens (tertiary/aromatic N) is 2. The predicted molar refractivity (Wildman–Crippen MR) is 70.8 cm³/mol. The van der Waals surface area contributed by atoms with Crippen molar-refractivity contribution in [1.29, 1.82) is 0 Å². The monoisotopic (exact) mass is 267 g/mol. The van der Waals surface area contributed by atoms with E-state index in [1.807, 2.05) is 15.7 Å². The Labute approximate surface area is 112 Å². The van der Waals surface area contributed by atoms with Gasteiger partial charge in [0.05, 0.1) is 5.02 Å². The van der Waals surface area contributed by atoms with Crippen LogP contribution in [0.4, 0.5) is 0 Å². The molecule has 0 bridgehead atoms. The molecule has 0 radical (unpaired) electrons. The molecule has 1 saturated heterocycles. The van der Waals surface area contributed by atoms with Crippen molar-refractivity contribution >= 4 is 17.5 Å². The minimum atomic E-state index is 0.0731. The smallest absolute Gasteiger partial charge is 0.270 e. The van der Waals surface area contributed by atoms with Crippen LogP contribution in [0.2, 0.25) is 5.02 Å². The molecule has 1 atom stereocenters. The molecule has 4 nitrogen and oxygen atoms in total. The predicted octanol–water partition coefficient (Wildman–Crippen LogP) is 2.04. The Kier molecular flexibility index (Phi) is 3.08. The molecule has 0 aromatic carbocycles. The van der Waals surface area contributed by atoms with Gasteiger partial charge < -0.3 is 15.2 Å². The number of piperidine rings is 1. The molecule has 0 spiro atoms. The van der Waals surface area contributed by atoms with Crippen molar-refractivity contribution in [3.63, 3.8) is 0 Å². The first-order valence-corrected chi connectivity index (χ1v) is 6.95. The second kappa shape index (κ2) is 4.59. The van der Waals surface area contributed by atoms with Crippen molar-refractivity contribution in [2.24, 2.45) is 5.73 Å². The SMILES string of the molecule is N[C@@H]1CCCN(C(=O)c2cc(Cl)cn2C2CC2)C1. The molecule has 2 N–H and O–H groups in total. The minimum absolute atomic E-state index is 0.0731. The Morgan fingerprint density at radius 1 is 1.39 bits per heavy atom. The Morgan fingerprint density at radius 3 is 2.83 bits per heavy atom. The normalized spacial score (nSPS) is 24.3. The minimum Gasteiger partial charge on any atom is -0.339 e. The number of carbonyl (C=O) groups excluding carboxylic acids is 1. The van der Waals surface area contributed by atoms with E-state index in [9.17, 15) is 4.79 Å². The van der Waals surface area contributed by atoms with E-state index >= 15 is 0 Å². The van der Waals surface area contributed by atoms with Gasteiger partial charge in [0.15, 0.2) is 0 Å². The maximum atomic E-state index is 12.5. The molecule has 1 aromatic heterocycles. The summed E-state index contributed by atoms with van der Waals surface area (Å²) in [6.07, 6.45) is 6.16. The van der Waals surface area contributed by atoms with Gasteiger partial charge in [-0.05, 0) is 31.7 Å². The van der Waals surface area contributed by atoms with Gasteiger partial charge in [-0.25, -0.2) is 0 Å². The first-order valence-electron chi connectivity index (χ1n) is 6.57. The molecule has 98 valence electrons. The number of nitrogens with two attached hydrogens (primary N) is 1. The van der Waals surface area contributed by atoms with Crippen LogP contribution in [0.25, 0.3) is 0 Å². The van der Waals surface area contributed by atoms with Gasteiger partial charge in [0.25, 0.3) is 5.91 Å². The molecule has 3 rings (SSSR count). The Balaban J connectivity index is 1.82. The van der Waals surface area contributed by atoms with Crippen molar-refractivity contribution in [1.82, 2.24) is 9.47 Å². The Bertz CT molecular complexity index is 467. The fraction of sp³-hybridized carbons (Fsp3) is 0.615. The zero-order chi connectivity index (χ0) is 12.7. The fourth-order valence-electron chi connectivity index (χ4n) is 2.63. The number of hydrogen-bond donors (Lipinski definition) is 1. The van der Waals surface area contributed by atoms with Gasteiger partial charge in [-0.1, -0.05) is 11.6 Å². The van der Waals surface area contributed by atoms with Gasteiger partial charge in [-0.2, -0.15) is 0 Å². The van der Waals surface area contributed by atoms with Gasteiger partial charge in [-0.3, -0.25) is 4.79 Å². The van der Waals surface area contributed by atoms with Crippen LogP contribution in [0.1, 0.15) is 42.2 Å². The third-order valence-corrected chi connectivity index (χ3v) is 3.93. The number of rotatable bonds is 2. The van der Waals surface area contributed by atoms with E-state index in [0.29, 0.717) is 17.6 Å². The highest BCUT2D eigenvalue weighted by molar-refractivity contribution is 6.31. The second-order valence-electron chi connectivity index (χ2n) is 5.34. The Morgan fingerprint density at radius 2 is 2.17 bits per heavy atom. The Hall–Kier alpha value is -1.00. The summed E-state index contributed by atoms with van der Waals surface area (Å²) >= 11 is 6.03. The largest absolute Gasteiger partial charge is 0.339 e. The van der Waals surface area contributed by atoms with E-state index in [1.165, 1.54) is 0 Å². The highest BCUT2D eigenvalue weighted by Gasteiger charge is 2.30. The van der Waals surface area contributed by atoms with E-state index in [1.54, 1.807) is 6.07 Å². The average Bonchev–Trinajstić information content (AvgIpc) is 3.12. The van der Waals surface area contributed by atoms with Crippen LogP contribution in [-0.2, 0) is 0 Å². The quantitative estimate of drug-likeness (QED) is 0.892. The second-order valence-corrected chi connectivity index (χ2v) is 5.77. The van der Waals surface area contributed by atoms with Crippen LogP contribution in [0.5, 0.6) is 0 Å². The van der Waals surface area contributed by atoms with E-state index < -0.39 is 0 Å². The van der Waals surface area contributed by atoms with E-state index in [-0.39, 0.29) is 11.9 Å². The lowest BCUT2D eigenvalue weighted by atomic mass is 10.1. The van der Waals surface area contributed by atoms with Crippen LogP contribution in [0, 0.1) is 0 Å². The topological polar surface area (TPSA) is 51.3 Å². The molecule has 1 aliphatic carbocycles. The highest BCUT2D eigenvalue weighted by Crippen LogP contribution is 2.37. The van der Waals surface area contributed by atoms with Crippen molar-refractivity contribution in [3.8, 4) is 0 Å². The molecular weight excluding hydrogens is 250 g/mol. The number of likely N-dealkylation sites (tertiary alicyclic amines) is 1. The summed E-state index contributed by atoms with van der Waals surface area (Å²) in [6.45, 7) is 1.46. The molecule has 1 saturated carbocycles. The van der Waals surface area contributed by atoms with Crippen LogP contribution in [0.15, 0.2) is 12.3 Å². The average molecular weight is 268 g/mol. The van der Waals surface area contributed by atoms with Gasteiger partial charge in [0, 0.05) is 31.4 Å². The molecular formula is C13H18ClN3O. The summed E-state index contributed by atoms with van der Waals surface area (Å²) in [7, 11) is 0. The number of hydrogen-bond acceptors (Lipinski definition) is 2. The van der Waals surface area contributed by atoms with Crippen molar-refractivity contribution in [2.45, 2.75) is 37.8 Å². The number of aromatic nitrogens is 1. The third kappa shape index (κ3) is 2.27. The fourth-order valence-corrected chi connectivity index (χ4v) is 2.84. The van der Waals surface area contributed by atoms with Crippen LogP contribution >= 0.6 is 11.6 Å². The molecule has 18 heavy (non-hydrogen) atoms. The number of carbonyl (C=O) groups is 1. The third-order valence-electron chi connectivity index (χ3n) is 3.72. The maximum absolute atomic E-state index is 12.5. The van der Waals surface area contributed by atoms with Crippen molar-refractivity contribution < 1.29 is 4.79 Å². The zero-order valence-electron chi connectivity index (χ0n) is 10.3. The van der Waals surface area contributed by atoms with E-state index in [0.717, 1.165) is 37.9 Å². The summed E-state index contributed by atoms with van der Waals surface area (Å²) in [5.41, 5.74) is 6.65. The number of halogens is 1. The van der Waals surface area contributed by atoms with Gasteiger partial charge in [0.2, 0.25) is 0 Å². The zero-order valence-corrected chi connectivity index (χ0v) is 11.1. The van der Waals surface area contributed by atoms with Gasteiger partial charge >= 0.3 is 0 Å². The summed E-state index contributed by atoms with van der Waals surface area (Å²) in [6, 6.07) is 2.36. The summed E-state index contributed by atoms with van der Waals surface area (Å²) in [5.74, 6) is 0.0731. The summed E-state index contributed by atoms with van der Waals surface area (Å²) in [5, 5.41) is 0.645. The standard InChI is InChI=1S/C13H18ClN3O/c14-9-6-12(17(7-9)11-3-4-11)13(18)16-5-1-2-10(15)8-16/h6-7,10-11H,1-5,8,15H2/t10-/m1/s1. The molecule has 2 aliphatic rings. The van der Waals surface area contributed by atoms with Crippen LogP contribution in [-0.4, -0.2) is 34.5 Å². The molecule has 1 amide bonds. The lowest BCUT2D eigenvalue weighted by Crippen LogP contribution is -2.46. The van der Waals surface area contributed by atoms with Crippen molar-refractivity contribution in [3.05, 3.63) is 23.0 Å². The first kappa shape index (κ1) is 12.1. The molecule has 2 heterocycles. The lowest BCUT2D eigenvalue weighted by Gasteiger charge is -2.31. The highest BCUT2D eigenvalue weighted by atomic mass is 35.5. The van der Waals surface area contributed by atoms with Crippen LogP contribution < -0.4 is 5.73 Å². The van der Waals surface area contributed by atoms with Crippen LogP contribution in [0.3, 0.4) is 0 Å². The van der Waals surface area contributed by atoms with E-state index in [2.05, 4.69) is 0 Å². The summed E-state index contributed by atoms with van der Waals surface area (Å²) in [4.78, 5) is 14.4. The summed E-state index contributed by atoms with van der Waals surface area (Å²) < 4.78 is 2.03. The molecule has 2 fully saturated rings. The lowest BCUT2D eigenvalue weighted by molar-refractivity contribution is 0.0697. The maximum Gasteiger partial charge on any atom is 0.270 e. The molecule has 1 aliphatic heterocycles. The van der Waals surface area contributed by atoms with Crippen molar-refractivity contribution in [2.75, 3.05) is 13.1 Å². The first-order chi connectivity index (χ1) is 8.65. The van der Waals surface area contributed by atoms with Gasteiger partial charge in [0.1, 0.15) is 5.69 Å². The van der Waals surface area contributed by atoms with Gasteiger partial charge in [-0.15, -0.1) is 0 Å². The number of amides is 1. The molecule has 1 aromatic rings. The van der Waals surface area contributed by atoms with E-state index in [4.69, 9.17) is 17.3 Å².